The lowest BCUT2D eigenvalue weighted by molar-refractivity contribution is 0.131. The lowest BCUT2D eigenvalue weighted by Gasteiger charge is -2.39. The van der Waals surface area contributed by atoms with Crippen LogP contribution in [0, 0.1) is 5.92 Å². The minimum absolute atomic E-state index is 0.316. The van der Waals surface area contributed by atoms with Gasteiger partial charge in [-0.3, -0.25) is 4.90 Å². The number of rotatable bonds is 3. The SMILES string of the molecule is NCC(C1CCCCC1)N1CCS(=O)(=O)CC1. The van der Waals surface area contributed by atoms with E-state index in [2.05, 4.69) is 4.90 Å². The molecule has 4 nitrogen and oxygen atoms in total. The van der Waals surface area contributed by atoms with Gasteiger partial charge < -0.3 is 5.73 Å². The second kappa shape index (κ2) is 5.67. The highest BCUT2D eigenvalue weighted by Crippen LogP contribution is 2.29. The van der Waals surface area contributed by atoms with Crippen LogP contribution in [-0.4, -0.2) is 50.5 Å². The predicted octanol–water partition coefficient (Wildman–Crippen LogP) is 0.624. The zero-order chi connectivity index (χ0) is 12.3. The molecule has 1 aliphatic carbocycles. The van der Waals surface area contributed by atoms with Gasteiger partial charge in [-0.2, -0.15) is 0 Å². The van der Waals surface area contributed by atoms with Gasteiger partial charge in [-0.15, -0.1) is 0 Å². The van der Waals surface area contributed by atoms with Crippen molar-refractivity contribution in [1.82, 2.24) is 4.90 Å². The van der Waals surface area contributed by atoms with Crippen molar-refractivity contribution in [3.05, 3.63) is 0 Å². The van der Waals surface area contributed by atoms with Gasteiger partial charge in [0.15, 0.2) is 9.84 Å². The Morgan fingerprint density at radius 1 is 1.12 bits per heavy atom. The summed E-state index contributed by atoms with van der Waals surface area (Å²) in [5.41, 5.74) is 5.91. The summed E-state index contributed by atoms with van der Waals surface area (Å²) >= 11 is 0. The van der Waals surface area contributed by atoms with Crippen molar-refractivity contribution in [1.29, 1.82) is 0 Å². The van der Waals surface area contributed by atoms with Crippen LogP contribution in [-0.2, 0) is 9.84 Å². The lowest BCUT2D eigenvalue weighted by atomic mass is 9.83. The van der Waals surface area contributed by atoms with E-state index in [1.807, 2.05) is 0 Å². The average molecular weight is 260 g/mol. The Labute approximate surface area is 104 Å². The van der Waals surface area contributed by atoms with Crippen LogP contribution >= 0.6 is 0 Å². The van der Waals surface area contributed by atoms with Gasteiger partial charge in [-0.1, -0.05) is 19.3 Å². The molecule has 0 spiro atoms. The Balaban J connectivity index is 1.94. The van der Waals surface area contributed by atoms with Crippen molar-refractivity contribution >= 4 is 9.84 Å². The first-order chi connectivity index (χ1) is 8.12. The maximum atomic E-state index is 11.4. The molecule has 0 aromatic carbocycles. The highest BCUT2D eigenvalue weighted by atomic mass is 32.2. The summed E-state index contributed by atoms with van der Waals surface area (Å²) in [4.78, 5) is 2.32. The van der Waals surface area contributed by atoms with Crippen molar-refractivity contribution in [2.45, 2.75) is 38.1 Å². The molecule has 1 atom stereocenters. The van der Waals surface area contributed by atoms with Crippen LogP contribution in [0.5, 0.6) is 0 Å². The summed E-state index contributed by atoms with van der Waals surface area (Å²) in [7, 11) is -2.77. The molecule has 2 N–H and O–H groups in total. The Hall–Kier alpha value is -0.130. The zero-order valence-corrected chi connectivity index (χ0v) is 11.3. The van der Waals surface area contributed by atoms with E-state index in [1.54, 1.807) is 0 Å². The molecule has 1 aliphatic heterocycles. The normalized spacial score (nSPS) is 29.0. The number of hydrogen-bond donors (Lipinski definition) is 1. The quantitative estimate of drug-likeness (QED) is 0.808. The summed E-state index contributed by atoms with van der Waals surface area (Å²) in [6, 6.07) is 0.408. The van der Waals surface area contributed by atoms with E-state index < -0.39 is 9.84 Å². The van der Waals surface area contributed by atoms with Gasteiger partial charge in [-0.25, -0.2) is 8.42 Å². The summed E-state index contributed by atoms with van der Waals surface area (Å²) in [6.07, 6.45) is 6.51. The molecule has 0 aromatic heterocycles. The summed E-state index contributed by atoms with van der Waals surface area (Å²) in [5, 5.41) is 0. The third-order valence-electron chi connectivity index (χ3n) is 4.28. The van der Waals surface area contributed by atoms with Gasteiger partial charge in [0.25, 0.3) is 0 Å². The molecule has 1 saturated carbocycles. The molecule has 5 heteroatoms. The molecule has 2 rings (SSSR count). The average Bonchev–Trinajstić information content (AvgIpc) is 2.33. The fourth-order valence-electron chi connectivity index (χ4n) is 3.22. The summed E-state index contributed by atoms with van der Waals surface area (Å²) in [5.74, 6) is 1.32. The number of hydrogen-bond acceptors (Lipinski definition) is 4. The first-order valence-corrected chi connectivity index (χ1v) is 8.59. The van der Waals surface area contributed by atoms with Gasteiger partial charge in [0, 0.05) is 25.7 Å². The van der Waals surface area contributed by atoms with E-state index in [9.17, 15) is 8.42 Å². The van der Waals surface area contributed by atoms with Crippen molar-refractivity contribution in [2.24, 2.45) is 11.7 Å². The molecule has 0 radical (unpaired) electrons. The van der Waals surface area contributed by atoms with E-state index in [-0.39, 0.29) is 0 Å². The molecule has 0 aromatic rings. The van der Waals surface area contributed by atoms with E-state index in [1.165, 1.54) is 32.1 Å². The van der Waals surface area contributed by atoms with E-state index in [0.29, 0.717) is 43.1 Å². The van der Waals surface area contributed by atoms with Crippen molar-refractivity contribution in [3.8, 4) is 0 Å². The molecule has 0 bridgehead atoms. The summed E-state index contributed by atoms with van der Waals surface area (Å²) in [6.45, 7) is 2.03. The Morgan fingerprint density at radius 2 is 1.71 bits per heavy atom. The minimum Gasteiger partial charge on any atom is -0.329 e. The maximum absolute atomic E-state index is 11.4. The van der Waals surface area contributed by atoms with Crippen molar-refractivity contribution < 1.29 is 8.42 Å². The minimum atomic E-state index is -2.77. The van der Waals surface area contributed by atoms with Crippen molar-refractivity contribution in [3.63, 3.8) is 0 Å². The second-order valence-electron chi connectivity index (χ2n) is 5.39. The van der Waals surface area contributed by atoms with Gasteiger partial charge in [0.1, 0.15) is 0 Å². The Bertz CT molecular complexity index is 322. The maximum Gasteiger partial charge on any atom is 0.152 e. The lowest BCUT2D eigenvalue weighted by Crippen LogP contribution is -2.52. The second-order valence-corrected chi connectivity index (χ2v) is 7.69. The smallest absolute Gasteiger partial charge is 0.152 e. The third-order valence-corrected chi connectivity index (χ3v) is 5.89. The van der Waals surface area contributed by atoms with Crippen molar-refractivity contribution in [2.75, 3.05) is 31.1 Å². The first-order valence-electron chi connectivity index (χ1n) is 6.77. The topological polar surface area (TPSA) is 63.4 Å². The molecule has 1 saturated heterocycles. The van der Waals surface area contributed by atoms with Crippen LogP contribution in [0.4, 0.5) is 0 Å². The fraction of sp³-hybridized carbons (Fsp3) is 1.00. The van der Waals surface area contributed by atoms with E-state index in [4.69, 9.17) is 5.73 Å². The highest BCUT2D eigenvalue weighted by Gasteiger charge is 2.31. The summed E-state index contributed by atoms with van der Waals surface area (Å²) < 4.78 is 22.9. The van der Waals surface area contributed by atoms with Crippen LogP contribution in [0.15, 0.2) is 0 Å². The molecule has 1 unspecified atom stereocenters. The molecule has 100 valence electrons. The largest absolute Gasteiger partial charge is 0.329 e. The number of nitrogens with zero attached hydrogens (tertiary/aromatic N) is 1. The Morgan fingerprint density at radius 3 is 2.24 bits per heavy atom. The molecule has 1 heterocycles. The monoisotopic (exact) mass is 260 g/mol. The van der Waals surface area contributed by atoms with Gasteiger partial charge >= 0.3 is 0 Å². The molecular weight excluding hydrogens is 236 g/mol. The number of nitrogens with two attached hydrogens (primary N) is 1. The van der Waals surface area contributed by atoms with Gasteiger partial charge in [0.2, 0.25) is 0 Å². The van der Waals surface area contributed by atoms with Crippen LogP contribution in [0.25, 0.3) is 0 Å². The van der Waals surface area contributed by atoms with Gasteiger partial charge in [0.05, 0.1) is 11.5 Å². The fourth-order valence-corrected chi connectivity index (χ4v) is 4.45. The Kier molecular flexibility index (Phi) is 4.44. The van der Waals surface area contributed by atoms with Gasteiger partial charge in [-0.05, 0) is 18.8 Å². The predicted molar refractivity (Wildman–Crippen MR) is 69.6 cm³/mol. The standard InChI is InChI=1S/C12H24N2O2S/c13-10-12(11-4-2-1-3-5-11)14-6-8-17(15,16)9-7-14/h11-12H,1-10,13H2. The molecule has 2 aliphatic rings. The molecule has 17 heavy (non-hydrogen) atoms. The van der Waals surface area contributed by atoms with Crippen LogP contribution in [0.2, 0.25) is 0 Å². The first kappa shape index (κ1) is 13.3. The van der Waals surface area contributed by atoms with Crippen LogP contribution in [0.1, 0.15) is 32.1 Å². The molecule has 2 fully saturated rings. The third kappa shape index (κ3) is 3.42. The molecule has 0 amide bonds. The van der Waals surface area contributed by atoms with E-state index in [0.717, 1.165) is 0 Å². The van der Waals surface area contributed by atoms with Crippen LogP contribution < -0.4 is 5.73 Å². The zero-order valence-electron chi connectivity index (χ0n) is 10.5. The van der Waals surface area contributed by atoms with Crippen LogP contribution in [0.3, 0.4) is 0 Å². The van der Waals surface area contributed by atoms with E-state index >= 15 is 0 Å². The highest BCUT2D eigenvalue weighted by molar-refractivity contribution is 7.91. The molecular formula is C12H24N2O2S. The number of sulfone groups is 1.